The molecule has 0 spiro atoms. The summed E-state index contributed by atoms with van der Waals surface area (Å²) in [6.45, 7) is 5.72. The van der Waals surface area contributed by atoms with Crippen molar-refractivity contribution in [1.82, 2.24) is 4.90 Å². The summed E-state index contributed by atoms with van der Waals surface area (Å²) >= 11 is 0. The molecule has 1 aliphatic heterocycles. The molecule has 10 nitrogen and oxygen atoms in total. The second-order valence-electron chi connectivity index (χ2n) is 7.23. The van der Waals surface area contributed by atoms with Crippen molar-refractivity contribution in [2.45, 2.75) is 32.4 Å². The number of nitro benzene ring substituents is 1. The van der Waals surface area contributed by atoms with Crippen molar-refractivity contribution in [3.05, 3.63) is 33.9 Å². The van der Waals surface area contributed by atoms with Gasteiger partial charge in [-0.05, 0) is 26.8 Å². The first-order valence-electron chi connectivity index (χ1n) is 8.58. The molecule has 10 heteroatoms. The van der Waals surface area contributed by atoms with Gasteiger partial charge in [0.15, 0.2) is 0 Å². The molecule has 0 aliphatic carbocycles. The number of benzene rings is 1. The average molecular weight is 390 g/mol. The second-order valence-corrected chi connectivity index (χ2v) is 7.23. The topological polar surface area (TPSA) is 126 Å². The molecule has 1 fully saturated rings. The van der Waals surface area contributed by atoms with E-state index in [0.717, 1.165) is 6.07 Å². The lowest BCUT2D eigenvalue weighted by Crippen LogP contribution is -2.59. The smallest absolute Gasteiger partial charge is 0.410 e. The number of nitrogens with zero attached hydrogens (tertiary/aromatic N) is 4. The van der Waals surface area contributed by atoms with Gasteiger partial charge in [0.05, 0.1) is 29.8 Å². The number of hydrogen-bond acceptors (Lipinski definition) is 8. The zero-order valence-corrected chi connectivity index (χ0v) is 16.2. The van der Waals surface area contributed by atoms with E-state index in [1.165, 1.54) is 24.1 Å². The first kappa shape index (κ1) is 21.0. The second kappa shape index (κ2) is 8.12. The van der Waals surface area contributed by atoms with E-state index < -0.39 is 28.6 Å². The standard InChI is InChI=1S/C18H22N4O6/c1-18(2,3)28-17(24)20-7-8-21(15(11-20)16(23)27-4)14-6-5-13(22(25)26)9-12(14)10-19/h5-6,9,15H,7-8,11H2,1-4H3. The molecule has 0 saturated carbocycles. The number of amides is 1. The Morgan fingerprint density at radius 2 is 2.00 bits per heavy atom. The number of esters is 1. The first-order chi connectivity index (χ1) is 13.1. The molecular weight excluding hydrogens is 368 g/mol. The average Bonchev–Trinajstić information content (AvgIpc) is 2.64. The molecule has 28 heavy (non-hydrogen) atoms. The Morgan fingerprint density at radius 1 is 1.32 bits per heavy atom. The van der Waals surface area contributed by atoms with Gasteiger partial charge in [0, 0.05) is 25.2 Å². The fourth-order valence-corrected chi connectivity index (χ4v) is 2.88. The van der Waals surface area contributed by atoms with Crippen LogP contribution >= 0.6 is 0 Å². The Labute approximate surface area is 162 Å². The predicted molar refractivity (Wildman–Crippen MR) is 98.8 cm³/mol. The predicted octanol–water partition coefficient (Wildman–Crippen LogP) is 2.07. The van der Waals surface area contributed by atoms with Gasteiger partial charge >= 0.3 is 12.1 Å². The number of anilines is 1. The van der Waals surface area contributed by atoms with Crippen molar-refractivity contribution in [2.24, 2.45) is 0 Å². The van der Waals surface area contributed by atoms with Crippen molar-refractivity contribution < 1.29 is 24.0 Å². The van der Waals surface area contributed by atoms with Gasteiger partial charge in [-0.25, -0.2) is 9.59 Å². The Balaban J connectivity index is 2.33. The third-order valence-electron chi connectivity index (χ3n) is 4.13. The van der Waals surface area contributed by atoms with Gasteiger partial charge < -0.3 is 19.3 Å². The first-order valence-corrected chi connectivity index (χ1v) is 8.58. The normalized spacial score (nSPS) is 16.9. The molecule has 2 rings (SSSR count). The highest BCUT2D eigenvalue weighted by atomic mass is 16.6. The van der Waals surface area contributed by atoms with E-state index in [4.69, 9.17) is 9.47 Å². The number of rotatable bonds is 3. The van der Waals surface area contributed by atoms with Crippen LogP contribution in [0.1, 0.15) is 26.3 Å². The number of carbonyl (C=O) groups excluding carboxylic acids is 2. The molecule has 1 aromatic rings. The summed E-state index contributed by atoms with van der Waals surface area (Å²) < 4.78 is 10.2. The summed E-state index contributed by atoms with van der Waals surface area (Å²) in [4.78, 5) is 38.1. The van der Waals surface area contributed by atoms with E-state index in [1.807, 2.05) is 6.07 Å². The summed E-state index contributed by atoms with van der Waals surface area (Å²) in [6.07, 6.45) is -0.551. The molecule has 1 aliphatic rings. The summed E-state index contributed by atoms with van der Waals surface area (Å²) in [5.41, 5.74) is -0.468. The van der Waals surface area contributed by atoms with E-state index in [9.17, 15) is 25.0 Å². The monoisotopic (exact) mass is 390 g/mol. The molecule has 1 amide bonds. The van der Waals surface area contributed by atoms with Crippen LogP contribution in [0.3, 0.4) is 0 Å². The van der Waals surface area contributed by atoms with Gasteiger partial charge in [-0.2, -0.15) is 5.26 Å². The summed E-state index contributed by atoms with van der Waals surface area (Å²) in [7, 11) is 1.23. The van der Waals surface area contributed by atoms with Crippen LogP contribution in [-0.4, -0.2) is 60.3 Å². The van der Waals surface area contributed by atoms with Crippen LogP contribution in [0, 0.1) is 21.4 Å². The molecule has 0 bridgehead atoms. The largest absolute Gasteiger partial charge is 0.467 e. The van der Waals surface area contributed by atoms with Gasteiger partial charge in [-0.15, -0.1) is 0 Å². The Bertz CT molecular complexity index is 826. The third-order valence-corrected chi connectivity index (χ3v) is 4.13. The molecule has 1 aromatic carbocycles. The van der Waals surface area contributed by atoms with Gasteiger partial charge in [0.25, 0.3) is 5.69 Å². The zero-order chi connectivity index (χ0) is 21.1. The molecule has 1 atom stereocenters. The lowest BCUT2D eigenvalue weighted by atomic mass is 10.1. The van der Waals surface area contributed by atoms with Crippen LogP contribution in [0.4, 0.5) is 16.2 Å². The summed E-state index contributed by atoms with van der Waals surface area (Å²) in [5.74, 6) is -0.587. The van der Waals surface area contributed by atoms with Gasteiger partial charge in [0.1, 0.15) is 17.7 Å². The number of piperazine rings is 1. The number of nitriles is 1. The van der Waals surface area contributed by atoms with Crippen molar-refractivity contribution in [2.75, 3.05) is 31.6 Å². The Kier molecular flexibility index (Phi) is 6.08. The maximum absolute atomic E-state index is 12.4. The third kappa shape index (κ3) is 4.68. The molecule has 0 N–H and O–H groups in total. The van der Waals surface area contributed by atoms with Crippen LogP contribution < -0.4 is 4.90 Å². The van der Waals surface area contributed by atoms with Crippen LogP contribution in [0.2, 0.25) is 0 Å². The zero-order valence-electron chi connectivity index (χ0n) is 16.2. The van der Waals surface area contributed by atoms with Crippen LogP contribution in [0.5, 0.6) is 0 Å². The number of methoxy groups -OCH3 is 1. The quantitative estimate of drug-likeness (QED) is 0.436. The highest BCUT2D eigenvalue weighted by Crippen LogP contribution is 2.29. The summed E-state index contributed by atoms with van der Waals surface area (Å²) in [6, 6.07) is 4.90. The van der Waals surface area contributed by atoms with Crippen molar-refractivity contribution in [1.29, 1.82) is 5.26 Å². The number of ether oxygens (including phenoxy) is 2. The molecule has 1 saturated heterocycles. The minimum Gasteiger partial charge on any atom is -0.467 e. The van der Waals surface area contributed by atoms with E-state index in [-0.39, 0.29) is 30.9 Å². The minimum absolute atomic E-state index is 0.00342. The number of nitro groups is 1. The van der Waals surface area contributed by atoms with Crippen LogP contribution in [0.25, 0.3) is 0 Å². The highest BCUT2D eigenvalue weighted by molar-refractivity contribution is 5.83. The fraction of sp³-hybridized carbons (Fsp3) is 0.500. The molecule has 1 unspecified atom stereocenters. The minimum atomic E-state index is -0.875. The Morgan fingerprint density at radius 3 is 2.54 bits per heavy atom. The van der Waals surface area contributed by atoms with Crippen molar-refractivity contribution >= 4 is 23.4 Å². The molecule has 0 radical (unpaired) electrons. The van der Waals surface area contributed by atoms with E-state index in [2.05, 4.69) is 0 Å². The summed E-state index contributed by atoms with van der Waals surface area (Å²) in [5, 5.41) is 20.4. The molecule has 150 valence electrons. The maximum atomic E-state index is 12.4. The number of non-ortho nitro benzene ring substituents is 1. The maximum Gasteiger partial charge on any atom is 0.410 e. The van der Waals surface area contributed by atoms with Gasteiger partial charge in [-0.3, -0.25) is 10.1 Å². The van der Waals surface area contributed by atoms with E-state index >= 15 is 0 Å². The number of hydrogen-bond donors (Lipinski definition) is 0. The van der Waals surface area contributed by atoms with Crippen molar-refractivity contribution in [3.8, 4) is 6.07 Å². The Hall–Kier alpha value is -3.35. The van der Waals surface area contributed by atoms with Gasteiger partial charge in [0.2, 0.25) is 0 Å². The molecule has 1 heterocycles. The van der Waals surface area contributed by atoms with Crippen molar-refractivity contribution in [3.63, 3.8) is 0 Å². The SMILES string of the molecule is COC(=O)C1CN(C(=O)OC(C)(C)C)CCN1c1ccc([N+](=O)[O-])cc1C#N. The lowest BCUT2D eigenvalue weighted by Gasteiger charge is -2.41. The number of carbonyl (C=O) groups is 2. The van der Waals surface area contributed by atoms with E-state index in [0.29, 0.717) is 5.69 Å². The molecular formula is C18H22N4O6. The lowest BCUT2D eigenvalue weighted by molar-refractivity contribution is -0.384. The van der Waals surface area contributed by atoms with Crippen LogP contribution in [-0.2, 0) is 14.3 Å². The van der Waals surface area contributed by atoms with E-state index in [1.54, 1.807) is 25.7 Å². The van der Waals surface area contributed by atoms with Gasteiger partial charge in [-0.1, -0.05) is 0 Å². The molecule has 0 aromatic heterocycles. The highest BCUT2D eigenvalue weighted by Gasteiger charge is 2.37. The van der Waals surface area contributed by atoms with Crippen LogP contribution in [0.15, 0.2) is 18.2 Å². The fourth-order valence-electron chi connectivity index (χ4n) is 2.88.